The van der Waals surface area contributed by atoms with Crippen molar-refractivity contribution in [2.24, 2.45) is 5.92 Å². The van der Waals surface area contributed by atoms with Gasteiger partial charge in [0, 0.05) is 18.0 Å². The fraction of sp³-hybridized carbons (Fsp3) is 0.714. The van der Waals surface area contributed by atoms with E-state index in [1.165, 1.54) is 24.0 Å². The second-order valence-electron chi connectivity index (χ2n) is 8.96. The molecule has 3 fully saturated rings. The molecule has 3 N–H and O–H groups in total. The predicted molar refractivity (Wildman–Crippen MR) is 98.0 cm³/mol. The molecule has 0 radical (unpaired) electrons. The van der Waals surface area contributed by atoms with Crippen LogP contribution in [0, 0.1) is 12.8 Å². The van der Waals surface area contributed by atoms with Gasteiger partial charge >= 0.3 is 0 Å². The molecule has 4 nitrogen and oxygen atoms in total. The van der Waals surface area contributed by atoms with Gasteiger partial charge in [-0.15, -0.1) is 0 Å². The molecule has 1 aromatic carbocycles. The van der Waals surface area contributed by atoms with Gasteiger partial charge in [0.25, 0.3) is 0 Å². The third-order valence-corrected chi connectivity index (χ3v) is 7.60. The Balaban J connectivity index is 1.66. The average Bonchev–Trinajstić information content (AvgIpc) is 3.39. The van der Waals surface area contributed by atoms with Crippen molar-refractivity contribution in [3.05, 3.63) is 28.8 Å². The van der Waals surface area contributed by atoms with Crippen LogP contribution in [-0.4, -0.2) is 52.9 Å². The predicted octanol–water partition coefficient (Wildman–Crippen LogP) is 2.09. The number of rotatable bonds is 2. The maximum absolute atomic E-state index is 12.1. The largest absolute Gasteiger partial charge is 0.508 e. The Kier molecular flexibility index (Phi) is 3.51. The number of nitrogens with zero attached hydrogens (tertiary/aromatic N) is 1. The molecule has 2 aliphatic heterocycles. The molecule has 0 spiro atoms. The molecule has 4 aliphatic rings. The molecule has 3 unspecified atom stereocenters. The van der Waals surface area contributed by atoms with E-state index in [0.717, 1.165) is 63.3 Å². The molecule has 2 aliphatic carbocycles. The van der Waals surface area contributed by atoms with Gasteiger partial charge in [-0.2, -0.15) is 0 Å². The lowest BCUT2D eigenvalue weighted by Crippen LogP contribution is -2.71. The Morgan fingerprint density at radius 3 is 2.80 bits per heavy atom. The lowest BCUT2D eigenvalue weighted by Gasteiger charge is -2.61. The summed E-state index contributed by atoms with van der Waals surface area (Å²) in [6.07, 6.45) is 6.42. The van der Waals surface area contributed by atoms with Crippen molar-refractivity contribution >= 4 is 0 Å². The number of aliphatic hydroxyl groups is 1. The van der Waals surface area contributed by atoms with E-state index < -0.39 is 5.60 Å². The van der Waals surface area contributed by atoms with Crippen LogP contribution in [-0.2, 0) is 11.8 Å². The second-order valence-corrected chi connectivity index (χ2v) is 8.96. The van der Waals surface area contributed by atoms with E-state index in [2.05, 4.69) is 16.3 Å². The minimum Gasteiger partial charge on any atom is -0.508 e. The zero-order valence-corrected chi connectivity index (χ0v) is 15.2. The fourth-order valence-electron chi connectivity index (χ4n) is 6.01. The highest BCUT2D eigenvalue weighted by Crippen LogP contribution is 2.56. The summed E-state index contributed by atoms with van der Waals surface area (Å²) in [5.74, 6) is 1.23. The van der Waals surface area contributed by atoms with Crippen LogP contribution >= 0.6 is 0 Å². The van der Waals surface area contributed by atoms with Gasteiger partial charge in [0.05, 0.1) is 5.60 Å². The van der Waals surface area contributed by atoms with Gasteiger partial charge in [-0.3, -0.25) is 4.90 Å². The third kappa shape index (κ3) is 2.23. The zero-order valence-electron chi connectivity index (χ0n) is 15.2. The van der Waals surface area contributed by atoms with E-state index in [-0.39, 0.29) is 11.5 Å². The van der Waals surface area contributed by atoms with E-state index in [9.17, 15) is 10.2 Å². The van der Waals surface area contributed by atoms with Crippen molar-refractivity contribution in [2.75, 3.05) is 26.2 Å². The normalized spacial score (nSPS) is 37.9. The van der Waals surface area contributed by atoms with E-state index >= 15 is 0 Å². The number of piperidine rings is 1. The summed E-state index contributed by atoms with van der Waals surface area (Å²) < 4.78 is 0. The molecule has 1 aromatic rings. The van der Waals surface area contributed by atoms with Crippen LogP contribution in [0.3, 0.4) is 0 Å². The molecule has 0 aromatic heterocycles. The van der Waals surface area contributed by atoms with Gasteiger partial charge in [-0.25, -0.2) is 0 Å². The van der Waals surface area contributed by atoms with Crippen molar-refractivity contribution in [3.8, 4) is 5.75 Å². The summed E-state index contributed by atoms with van der Waals surface area (Å²) in [6.45, 7) is 6.06. The third-order valence-electron chi connectivity index (χ3n) is 7.60. The Hall–Kier alpha value is -1.10. The molecule has 4 heteroatoms. The van der Waals surface area contributed by atoms with Crippen molar-refractivity contribution in [3.63, 3.8) is 0 Å². The second kappa shape index (κ2) is 5.45. The number of phenolic OH excluding ortho intramolecular Hbond substituents is 1. The van der Waals surface area contributed by atoms with E-state index in [1.807, 2.05) is 13.0 Å². The number of aryl methyl sites for hydroxylation is 1. The molecule has 25 heavy (non-hydrogen) atoms. The van der Waals surface area contributed by atoms with Crippen LogP contribution in [0.25, 0.3) is 0 Å². The first-order valence-electron chi connectivity index (χ1n) is 10.0. The average molecular weight is 342 g/mol. The van der Waals surface area contributed by atoms with Gasteiger partial charge in [0.15, 0.2) is 0 Å². The topological polar surface area (TPSA) is 55.7 Å². The standard InChI is InChI=1S/C21H30N2O2/c1-14-10-16-11-19-21(25)5-8-22-7-4-20(21,17(16)12-18(14)24)6-9-23(19)13-15-2-3-15/h10,12,15,19,22,24-25H,2-9,11,13H2,1H3. The number of benzene rings is 1. The molecule has 136 valence electrons. The first-order chi connectivity index (χ1) is 12.0. The van der Waals surface area contributed by atoms with Gasteiger partial charge in [-0.1, -0.05) is 6.07 Å². The minimum absolute atomic E-state index is 0.208. The molecule has 2 bridgehead atoms. The van der Waals surface area contributed by atoms with Gasteiger partial charge < -0.3 is 15.5 Å². The summed E-state index contributed by atoms with van der Waals surface area (Å²) in [4.78, 5) is 2.60. The van der Waals surface area contributed by atoms with E-state index in [0.29, 0.717) is 5.75 Å². The molecule has 2 saturated heterocycles. The highest BCUT2D eigenvalue weighted by molar-refractivity contribution is 5.50. The maximum atomic E-state index is 12.1. The summed E-state index contributed by atoms with van der Waals surface area (Å²) >= 11 is 0. The summed E-state index contributed by atoms with van der Waals surface area (Å²) in [5, 5.41) is 26.0. The fourth-order valence-corrected chi connectivity index (χ4v) is 6.01. The lowest BCUT2D eigenvalue weighted by molar-refractivity contribution is -0.149. The highest BCUT2D eigenvalue weighted by atomic mass is 16.3. The van der Waals surface area contributed by atoms with Crippen molar-refractivity contribution in [2.45, 2.75) is 62.5 Å². The van der Waals surface area contributed by atoms with E-state index in [1.54, 1.807) is 0 Å². The van der Waals surface area contributed by atoms with E-state index in [4.69, 9.17) is 0 Å². The number of hydrogen-bond acceptors (Lipinski definition) is 4. The summed E-state index contributed by atoms with van der Waals surface area (Å²) in [6, 6.07) is 4.38. The number of aromatic hydroxyl groups is 1. The van der Waals surface area contributed by atoms with Crippen LogP contribution in [0.4, 0.5) is 0 Å². The number of phenols is 1. The van der Waals surface area contributed by atoms with Crippen LogP contribution in [0.1, 0.15) is 48.8 Å². The molecular formula is C21H30N2O2. The molecule has 5 rings (SSSR count). The molecule has 2 heterocycles. The Bertz CT molecular complexity index is 701. The van der Waals surface area contributed by atoms with Crippen LogP contribution in [0.15, 0.2) is 12.1 Å². The summed E-state index contributed by atoms with van der Waals surface area (Å²) in [7, 11) is 0. The lowest BCUT2D eigenvalue weighted by atomic mass is 9.52. The number of hydrogen-bond donors (Lipinski definition) is 3. The van der Waals surface area contributed by atoms with Crippen molar-refractivity contribution < 1.29 is 10.2 Å². The number of nitrogens with one attached hydrogen (secondary N) is 1. The minimum atomic E-state index is -0.682. The van der Waals surface area contributed by atoms with Crippen molar-refractivity contribution in [1.82, 2.24) is 10.2 Å². The Morgan fingerprint density at radius 1 is 1.20 bits per heavy atom. The quantitative estimate of drug-likeness (QED) is 0.770. The SMILES string of the molecule is Cc1cc2c(cc1O)C13CCNCCC1(O)C(C2)N(CC1CC1)CC3. The summed E-state index contributed by atoms with van der Waals surface area (Å²) in [5.41, 5.74) is 2.65. The Morgan fingerprint density at radius 2 is 2.00 bits per heavy atom. The first kappa shape index (κ1) is 16.1. The molecule has 1 saturated carbocycles. The smallest absolute Gasteiger partial charge is 0.118 e. The first-order valence-corrected chi connectivity index (χ1v) is 10.0. The molecule has 0 amide bonds. The number of fused-ring (bicyclic) bond motifs is 1. The highest BCUT2D eigenvalue weighted by Gasteiger charge is 2.62. The van der Waals surface area contributed by atoms with Gasteiger partial charge in [0.1, 0.15) is 5.75 Å². The number of likely N-dealkylation sites (tertiary alicyclic amines) is 1. The zero-order chi connectivity index (χ0) is 17.2. The monoisotopic (exact) mass is 342 g/mol. The van der Waals surface area contributed by atoms with Crippen LogP contribution in [0.2, 0.25) is 0 Å². The Labute approximate surface area is 150 Å². The molecular weight excluding hydrogens is 312 g/mol. The van der Waals surface area contributed by atoms with Crippen LogP contribution < -0.4 is 5.32 Å². The molecule has 3 atom stereocenters. The van der Waals surface area contributed by atoms with Crippen molar-refractivity contribution in [1.29, 1.82) is 0 Å². The van der Waals surface area contributed by atoms with Crippen LogP contribution in [0.5, 0.6) is 5.75 Å². The van der Waals surface area contributed by atoms with Gasteiger partial charge in [0.2, 0.25) is 0 Å². The maximum Gasteiger partial charge on any atom is 0.118 e. The van der Waals surface area contributed by atoms with Gasteiger partial charge in [-0.05, 0) is 93.8 Å².